The molecule has 0 spiro atoms. The van der Waals surface area contributed by atoms with E-state index in [4.69, 9.17) is 4.74 Å². The molecule has 1 rings (SSSR count). The summed E-state index contributed by atoms with van der Waals surface area (Å²) in [6.45, 7) is 4.35. The number of hydrogen-bond donors (Lipinski definition) is 1. The summed E-state index contributed by atoms with van der Waals surface area (Å²) < 4.78 is 6.31. The Bertz CT molecular complexity index is 350. The van der Waals surface area contributed by atoms with Gasteiger partial charge in [0.2, 0.25) is 0 Å². The van der Waals surface area contributed by atoms with Gasteiger partial charge in [-0.1, -0.05) is 29.8 Å². The highest BCUT2D eigenvalue weighted by molar-refractivity contribution is 9.10. The van der Waals surface area contributed by atoms with Crippen molar-refractivity contribution in [3.8, 4) is 5.75 Å². The Morgan fingerprint density at radius 2 is 2.00 bits per heavy atom. The van der Waals surface area contributed by atoms with Crippen LogP contribution in [0.5, 0.6) is 5.75 Å². The van der Waals surface area contributed by atoms with Gasteiger partial charge in [-0.3, -0.25) is 0 Å². The molecule has 0 saturated heterocycles. The van der Waals surface area contributed by atoms with Crippen LogP contribution in [0.4, 0.5) is 0 Å². The van der Waals surface area contributed by atoms with E-state index >= 15 is 0 Å². The maximum Gasteiger partial charge on any atom is 0.122 e. The number of benzene rings is 1. The van der Waals surface area contributed by atoms with Crippen LogP contribution in [-0.4, -0.2) is 18.3 Å². The third-order valence-corrected chi connectivity index (χ3v) is 3.27. The third kappa shape index (κ3) is 5.09. The SMILES string of the molecule is COc1ccc(Br)cc1CC(O)CCC(C)C. The van der Waals surface area contributed by atoms with Crippen molar-refractivity contribution in [2.24, 2.45) is 5.92 Å². The second kappa shape index (κ2) is 7.02. The van der Waals surface area contributed by atoms with Crippen molar-refractivity contribution in [2.75, 3.05) is 7.11 Å². The Kier molecular flexibility index (Phi) is 6.00. The van der Waals surface area contributed by atoms with Crippen LogP contribution >= 0.6 is 15.9 Å². The van der Waals surface area contributed by atoms with Gasteiger partial charge in [0.15, 0.2) is 0 Å². The minimum Gasteiger partial charge on any atom is -0.496 e. The molecular formula is C14H21BrO2. The van der Waals surface area contributed by atoms with Crippen LogP contribution in [0.3, 0.4) is 0 Å². The zero-order valence-electron chi connectivity index (χ0n) is 10.7. The molecule has 0 aliphatic carbocycles. The number of methoxy groups -OCH3 is 1. The predicted octanol–water partition coefficient (Wildman–Crippen LogP) is 3.80. The second-order valence-electron chi connectivity index (χ2n) is 4.79. The van der Waals surface area contributed by atoms with Crippen molar-refractivity contribution in [1.29, 1.82) is 0 Å². The fourth-order valence-corrected chi connectivity index (χ4v) is 2.20. The molecule has 0 amide bonds. The van der Waals surface area contributed by atoms with Crippen LogP contribution in [0, 0.1) is 5.92 Å². The summed E-state index contributed by atoms with van der Waals surface area (Å²) in [7, 11) is 1.66. The van der Waals surface area contributed by atoms with Crippen molar-refractivity contribution in [3.05, 3.63) is 28.2 Å². The van der Waals surface area contributed by atoms with Crippen molar-refractivity contribution >= 4 is 15.9 Å². The molecule has 96 valence electrons. The van der Waals surface area contributed by atoms with Gasteiger partial charge >= 0.3 is 0 Å². The summed E-state index contributed by atoms with van der Waals surface area (Å²) in [6, 6.07) is 5.88. The highest BCUT2D eigenvalue weighted by atomic mass is 79.9. The molecule has 0 heterocycles. The number of ether oxygens (including phenoxy) is 1. The van der Waals surface area contributed by atoms with Crippen LogP contribution in [0.2, 0.25) is 0 Å². The predicted molar refractivity (Wildman–Crippen MR) is 74.5 cm³/mol. The van der Waals surface area contributed by atoms with Gasteiger partial charge in [0.05, 0.1) is 13.2 Å². The first-order valence-electron chi connectivity index (χ1n) is 6.03. The lowest BCUT2D eigenvalue weighted by Gasteiger charge is -2.14. The Balaban J connectivity index is 2.63. The monoisotopic (exact) mass is 300 g/mol. The van der Waals surface area contributed by atoms with Gasteiger partial charge in [0.1, 0.15) is 5.75 Å². The summed E-state index contributed by atoms with van der Waals surface area (Å²) in [4.78, 5) is 0. The molecule has 0 aliphatic rings. The Hall–Kier alpha value is -0.540. The molecule has 1 N–H and O–H groups in total. The quantitative estimate of drug-likeness (QED) is 0.866. The zero-order chi connectivity index (χ0) is 12.8. The van der Waals surface area contributed by atoms with E-state index in [0.29, 0.717) is 12.3 Å². The third-order valence-electron chi connectivity index (χ3n) is 2.78. The summed E-state index contributed by atoms with van der Waals surface area (Å²) in [5.41, 5.74) is 1.05. The van der Waals surface area contributed by atoms with Gasteiger partial charge in [-0.25, -0.2) is 0 Å². The van der Waals surface area contributed by atoms with E-state index < -0.39 is 0 Å². The minimum atomic E-state index is -0.291. The van der Waals surface area contributed by atoms with Crippen molar-refractivity contribution < 1.29 is 9.84 Å². The number of aliphatic hydroxyl groups excluding tert-OH is 1. The molecule has 0 bridgehead atoms. The summed E-state index contributed by atoms with van der Waals surface area (Å²) >= 11 is 3.44. The molecule has 17 heavy (non-hydrogen) atoms. The van der Waals surface area contributed by atoms with E-state index in [1.807, 2.05) is 18.2 Å². The largest absolute Gasteiger partial charge is 0.496 e. The van der Waals surface area contributed by atoms with Gasteiger partial charge in [0, 0.05) is 10.9 Å². The van der Waals surface area contributed by atoms with Gasteiger partial charge in [-0.05, 0) is 42.5 Å². The van der Waals surface area contributed by atoms with Crippen LogP contribution < -0.4 is 4.74 Å². The van der Waals surface area contributed by atoms with E-state index in [2.05, 4.69) is 29.8 Å². The van der Waals surface area contributed by atoms with Crippen LogP contribution in [0.1, 0.15) is 32.3 Å². The molecule has 0 fully saturated rings. The first-order chi connectivity index (χ1) is 8.02. The summed E-state index contributed by atoms with van der Waals surface area (Å²) in [6.07, 6.45) is 2.25. The maximum atomic E-state index is 9.99. The van der Waals surface area contributed by atoms with Gasteiger partial charge < -0.3 is 9.84 Å². The van der Waals surface area contributed by atoms with Crippen molar-refractivity contribution in [2.45, 2.75) is 39.2 Å². The molecule has 1 aromatic carbocycles. The van der Waals surface area contributed by atoms with Crippen LogP contribution in [-0.2, 0) is 6.42 Å². The average molecular weight is 301 g/mol. The van der Waals surface area contributed by atoms with Gasteiger partial charge in [0.25, 0.3) is 0 Å². The van der Waals surface area contributed by atoms with E-state index in [9.17, 15) is 5.11 Å². The molecule has 1 unspecified atom stereocenters. The first-order valence-corrected chi connectivity index (χ1v) is 6.82. The molecule has 1 aromatic rings. The molecule has 2 nitrogen and oxygen atoms in total. The Morgan fingerprint density at radius 1 is 1.29 bits per heavy atom. The number of halogens is 1. The smallest absolute Gasteiger partial charge is 0.122 e. The lowest BCUT2D eigenvalue weighted by atomic mass is 9.99. The zero-order valence-corrected chi connectivity index (χ0v) is 12.3. The second-order valence-corrected chi connectivity index (χ2v) is 5.70. The lowest BCUT2D eigenvalue weighted by Crippen LogP contribution is -2.12. The van der Waals surface area contributed by atoms with E-state index in [1.165, 1.54) is 0 Å². The van der Waals surface area contributed by atoms with E-state index in [-0.39, 0.29) is 6.10 Å². The van der Waals surface area contributed by atoms with Crippen molar-refractivity contribution in [1.82, 2.24) is 0 Å². The highest BCUT2D eigenvalue weighted by Crippen LogP contribution is 2.25. The fourth-order valence-electron chi connectivity index (χ4n) is 1.79. The topological polar surface area (TPSA) is 29.5 Å². The maximum absolute atomic E-state index is 9.99. The number of rotatable bonds is 6. The van der Waals surface area contributed by atoms with Crippen LogP contribution in [0.25, 0.3) is 0 Å². The Morgan fingerprint density at radius 3 is 2.59 bits per heavy atom. The molecule has 0 aromatic heterocycles. The molecule has 0 aliphatic heterocycles. The number of hydrogen-bond acceptors (Lipinski definition) is 2. The van der Waals surface area contributed by atoms with E-state index in [1.54, 1.807) is 7.11 Å². The molecule has 0 saturated carbocycles. The van der Waals surface area contributed by atoms with Gasteiger partial charge in [-0.2, -0.15) is 0 Å². The fraction of sp³-hybridized carbons (Fsp3) is 0.571. The molecule has 3 heteroatoms. The summed E-state index contributed by atoms with van der Waals surface area (Å²) in [5.74, 6) is 1.48. The summed E-state index contributed by atoms with van der Waals surface area (Å²) in [5, 5.41) is 9.99. The number of aliphatic hydroxyl groups is 1. The average Bonchev–Trinajstić information content (AvgIpc) is 2.27. The normalized spacial score (nSPS) is 12.8. The van der Waals surface area contributed by atoms with Crippen LogP contribution in [0.15, 0.2) is 22.7 Å². The standard InChI is InChI=1S/C14H21BrO2/c1-10(2)4-6-13(16)9-11-8-12(15)5-7-14(11)17-3/h5,7-8,10,13,16H,4,6,9H2,1-3H3. The highest BCUT2D eigenvalue weighted by Gasteiger charge is 2.11. The lowest BCUT2D eigenvalue weighted by molar-refractivity contribution is 0.156. The minimum absolute atomic E-state index is 0.291. The van der Waals surface area contributed by atoms with Gasteiger partial charge in [-0.15, -0.1) is 0 Å². The first kappa shape index (κ1) is 14.5. The van der Waals surface area contributed by atoms with Crippen molar-refractivity contribution in [3.63, 3.8) is 0 Å². The van der Waals surface area contributed by atoms with E-state index in [0.717, 1.165) is 28.6 Å². The Labute approximate surface area is 112 Å². The molecule has 1 atom stereocenters. The molecular weight excluding hydrogens is 280 g/mol. The molecule has 0 radical (unpaired) electrons.